The molecule has 0 radical (unpaired) electrons. The number of carbonyl (C=O) groups excluding carboxylic acids is 1. The molecule has 4 aromatic rings. The molecular weight excluding hydrogens is 438 g/mol. The molecule has 5 rings (SSSR count). The van der Waals surface area contributed by atoms with Crippen molar-refractivity contribution >= 4 is 27.5 Å². The van der Waals surface area contributed by atoms with Crippen LogP contribution >= 0.6 is 11.3 Å². The highest BCUT2D eigenvalue weighted by atomic mass is 32.1. The van der Waals surface area contributed by atoms with Crippen LogP contribution < -0.4 is 20.3 Å². The zero-order valence-corrected chi connectivity index (χ0v) is 19.1. The Hall–Kier alpha value is -3.65. The van der Waals surface area contributed by atoms with Crippen molar-refractivity contribution < 1.29 is 14.3 Å². The van der Waals surface area contributed by atoms with Crippen LogP contribution in [0, 0.1) is 6.92 Å². The highest BCUT2D eigenvalue weighted by molar-refractivity contribution is 7.17. The van der Waals surface area contributed by atoms with E-state index in [1.807, 2.05) is 61.7 Å². The van der Waals surface area contributed by atoms with Gasteiger partial charge in [-0.25, -0.2) is 4.98 Å². The van der Waals surface area contributed by atoms with Gasteiger partial charge in [-0.15, -0.1) is 11.3 Å². The summed E-state index contributed by atoms with van der Waals surface area (Å²) in [5.74, 6) is 1.11. The number of ether oxygens (including phenoxy) is 2. The molecule has 1 aliphatic heterocycles. The van der Waals surface area contributed by atoms with E-state index in [4.69, 9.17) is 9.47 Å². The first-order chi connectivity index (χ1) is 16.0. The van der Waals surface area contributed by atoms with E-state index >= 15 is 0 Å². The highest BCUT2D eigenvalue weighted by Gasteiger charge is 2.18. The van der Waals surface area contributed by atoms with Crippen molar-refractivity contribution in [2.24, 2.45) is 0 Å². The lowest BCUT2D eigenvalue weighted by atomic mass is 10.1. The largest absolute Gasteiger partial charge is 0.486 e. The van der Waals surface area contributed by atoms with Gasteiger partial charge in [-0.1, -0.05) is 35.9 Å². The minimum atomic E-state index is -0.271. The van der Waals surface area contributed by atoms with Crippen LogP contribution in [0.1, 0.15) is 24.1 Å². The number of hydrogen-bond donors (Lipinski definition) is 1. The van der Waals surface area contributed by atoms with Crippen molar-refractivity contribution in [2.45, 2.75) is 26.4 Å². The summed E-state index contributed by atoms with van der Waals surface area (Å²) in [5.41, 5.74) is 3.62. The molecular formula is C25H23N3O4S. The summed E-state index contributed by atoms with van der Waals surface area (Å²) in [7, 11) is 0. The van der Waals surface area contributed by atoms with Gasteiger partial charge in [0.05, 0.1) is 17.8 Å². The number of rotatable bonds is 5. The molecule has 0 unspecified atom stereocenters. The standard InChI is InChI=1S/C25H23N3O4S/c1-15-3-5-17(6-4-15)19-13-33-24-23(19)25(30)28(14-26-24)12-22(29)27-16(2)18-7-8-20-21(11-18)32-10-9-31-20/h3-8,11,13-14,16H,9-10,12H2,1-2H3,(H,27,29)/t16-/m0/s1. The van der Waals surface area contributed by atoms with Gasteiger partial charge < -0.3 is 14.8 Å². The third-order valence-electron chi connectivity index (χ3n) is 5.68. The fourth-order valence-corrected chi connectivity index (χ4v) is 4.79. The van der Waals surface area contributed by atoms with Crippen LogP contribution in [0.4, 0.5) is 0 Å². The van der Waals surface area contributed by atoms with E-state index in [2.05, 4.69) is 10.3 Å². The molecule has 0 bridgehead atoms. The van der Waals surface area contributed by atoms with Gasteiger partial charge in [0.15, 0.2) is 11.5 Å². The number of benzene rings is 2. The third kappa shape index (κ3) is 4.21. The molecule has 1 amide bonds. The van der Waals surface area contributed by atoms with Crippen LogP contribution in [0.3, 0.4) is 0 Å². The number of fused-ring (bicyclic) bond motifs is 2. The number of carbonyl (C=O) groups is 1. The minimum Gasteiger partial charge on any atom is -0.486 e. The van der Waals surface area contributed by atoms with Crippen LogP contribution in [-0.4, -0.2) is 28.7 Å². The molecule has 1 N–H and O–H groups in total. The highest BCUT2D eigenvalue weighted by Crippen LogP contribution is 2.33. The molecule has 168 valence electrons. The van der Waals surface area contributed by atoms with Gasteiger partial charge in [0.1, 0.15) is 24.6 Å². The van der Waals surface area contributed by atoms with Crippen LogP contribution in [-0.2, 0) is 11.3 Å². The van der Waals surface area contributed by atoms with E-state index < -0.39 is 0 Å². The number of nitrogens with one attached hydrogen (secondary N) is 1. The van der Waals surface area contributed by atoms with Gasteiger partial charge in [-0.2, -0.15) is 0 Å². The van der Waals surface area contributed by atoms with Crippen molar-refractivity contribution in [2.75, 3.05) is 13.2 Å². The fraction of sp³-hybridized carbons (Fsp3) is 0.240. The average molecular weight is 462 g/mol. The van der Waals surface area contributed by atoms with E-state index in [-0.39, 0.29) is 24.1 Å². The fourth-order valence-electron chi connectivity index (χ4n) is 3.88. The Balaban J connectivity index is 1.36. The first-order valence-corrected chi connectivity index (χ1v) is 11.6. The van der Waals surface area contributed by atoms with Gasteiger partial charge in [-0.3, -0.25) is 14.2 Å². The maximum absolute atomic E-state index is 13.2. The van der Waals surface area contributed by atoms with Crippen molar-refractivity contribution in [3.63, 3.8) is 0 Å². The lowest BCUT2D eigenvalue weighted by molar-refractivity contribution is -0.122. The zero-order chi connectivity index (χ0) is 22.9. The summed E-state index contributed by atoms with van der Waals surface area (Å²) in [6, 6.07) is 13.4. The Bertz CT molecular complexity index is 1390. The maximum atomic E-state index is 13.2. The topological polar surface area (TPSA) is 82.5 Å². The first-order valence-electron chi connectivity index (χ1n) is 10.7. The van der Waals surface area contributed by atoms with Crippen molar-refractivity contribution in [3.05, 3.63) is 75.7 Å². The molecule has 0 spiro atoms. The molecule has 1 aliphatic rings. The molecule has 7 nitrogen and oxygen atoms in total. The second-order valence-corrected chi connectivity index (χ2v) is 8.92. The predicted molar refractivity (Wildman–Crippen MR) is 128 cm³/mol. The summed E-state index contributed by atoms with van der Waals surface area (Å²) in [6.07, 6.45) is 1.44. The van der Waals surface area contributed by atoms with Crippen molar-refractivity contribution in [1.29, 1.82) is 0 Å². The second kappa shape index (κ2) is 8.71. The summed E-state index contributed by atoms with van der Waals surface area (Å²) in [6.45, 7) is 4.83. The van der Waals surface area contributed by atoms with E-state index in [0.29, 0.717) is 34.9 Å². The molecule has 1 atom stereocenters. The van der Waals surface area contributed by atoms with Gasteiger partial charge in [-0.05, 0) is 37.1 Å². The van der Waals surface area contributed by atoms with Crippen LogP contribution in [0.2, 0.25) is 0 Å². The van der Waals surface area contributed by atoms with E-state index in [0.717, 1.165) is 22.3 Å². The molecule has 2 aromatic heterocycles. The van der Waals surface area contributed by atoms with Gasteiger partial charge in [0.2, 0.25) is 5.91 Å². The van der Waals surface area contributed by atoms with E-state index in [9.17, 15) is 9.59 Å². The van der Waals surface area contributed by atoms with Crippen LogP contribution in [0.5, 0.6) is 11.5 Å². The number of nitrogens with zero attached hydrogens (tertiary/aromatic N) is 2. The number of aryl methyl sites for hydroxylation is 1. The zero-order valence-electron chi connectivity index (χ0n) is 18.3. The summed E-state index contributed by atoms with van der Waals surface area (Å²) < 4.78 is 12.5. The Labute approximate surface area is 194 Å². The lowest BCUT2D eigenvalue weighted by Gasteiger charge is -2.21. The summed E-state index contributed by atoms with van der Waals surface area (Å²) in [5, 5.41) is 5.44. The van der Waals surface area contributed by atoms with Gasteiger partial charge >= 0.3 is 0 Å². The lowest BCUT2D eigenvalue weighted by Crippen LogP contribution is -2.34. The predicted octanol–water partition coefficient (Wildman–Crippen LogP) is 4.08. The van der Waals surface area contributed by atoms with Gasteiger partial charge in [0, 0.05) is 10.9 Å². The monoisotopic (exact) mass is 461 g/mol. The second-order valence-electron chi connectivity index (χ2n) is 8.07. The quantitative estimate of drug-likeness (QED) is 0.484. The summed E-state index contributed by atoms with van der Waals surface area (Å²) >= 11 is 1.43. The Morgan fingerprint density at radius 3 is 2.70 bits per heavy atom. The molecule has 0 fully saturated rings. The average Bonchev–Trinajstić information content (AvgIpc) is 3.26. The molecule has 2 aromatic carbocycles. The van der Waals surface area contributed by atoms with Crippen molar-refractivity contribution in [1.82, 2.24) is 14.9 Å². The normalized spacial score (nSPS) is 13.6. The molecule has 0 saturated heterocycles. The van der Waals surface area contributed by atoms with E-state index in [1.165, 1.54) is 22.2 Å². The summed E-state index contributed by atoms with van der Waals surface area (Å²) in [4.78, 5) is 31.1. The molecule has 8 heteroatoms. The molecule has 3 heterocycles. The van der Waals surface area contributed by atoms with Crippen LogP contribution in [0.25, 0.3) is 21.3 Å². The van der Waals surface area contributed by atoms with Crippen molar-refractivity contribution in [3.8, 4) is 22.6 Å². The number of aromatic nitrogens is 2. The smallest absolute Gasteiger partial charge is 0.263 e. The van der Waals surface area contributed by atoms with E-state index in [1.54, 1.807) is 0 Å². The Morgan fingerprint density at radius 2 is 1.91 bits per heavy atom. The Morgan fingerprint density at radius 1 is 1.15 bits per heavy atom. The number of thiophene rings is 1. The third-order valence-corrected chi connectivity index (χ3v) is 6.57. The van der Waals surface area contributed by atoms with Gasteiger partial charge in [0.25, 0.3) is 5.56 Å². The SMILES string of the molecule is Cc1ccc(-c2csc3ncn(CC(=O)N[C@@H](C)c4ccc5c(c4)OCCO5)c(=O)c23)cc1. The molecule has 33 heavy (non-hydrogen) atoms. The minimum absolute atomic E-state index is 0.111. The maximum Gasteiger partial charge on any atom is 0.263 e. The number of hydrogen-bond acceptors (Lipinski definition) is 6. The Kier molecular flexibility index (Phi) is 5.60. The number of amides is 1. The molecule has 0 saturated carbocycles. The first kappa shape index (κ1) is 21.2. The molecule has 0 aliphatic carbocycles. The van der Waals surface area contributed by atoms with Crippen LogP contribution in [0.15, 0.2) is 59.0 Å².